The summed E-state index contributed by atoms with van der Waals surface area (Å²) >= 11 is 0. The van der Waals surface area contributed by atoms with E-state index in [2.05, 4.69) is 20.6 Å². The van der Waals surface area contributed by atoms with Crippen molar-refractivity contribution < 1.29 is 4.79 Å². The SMILES string of the molecule is Cc1ccccc1CNC(=O)c1ccnc(Nc2ccccc2)n1. The summed E-state index contributed by atoms with van der Waals surface area (Å²) in [6.07, 6.45) is 1.57. The predicted molar refractivity (Wildman–Crippen MR) is 94.1 cm³/mol. The number of benzene rings is 2. The number of nitrogens with one attached hydrogen (secondary N) is 2. The number of carbonyl (C=O) groups excluding carboxylic acids is 1. The monoisotopic (exact) mass is 318 g/mol. The minimum Gasteiger partial charge on any atom is -0.347 e. The van der Waals surface area contributed by atoms with Gasteiger partial charge in [0, 0.05) is 18.4 Å². The molecule has 1 aromatic heterocycles. The standard InChI is InChI=1S/C19H18N4O/c1-14-7-5-6-8-15(14)13-21-18(24)17-11-12-20-19(23-17)22-16-9-3-2-4-10-16/h2-12H,13H2,1H3,(H,21,24)(H,20,22,23). The Morgan fingerprint density at radius 2 is 1.75 bits per heavy atom. The molecule has 1 heterocycles. The molecule has 0 atom stereocenters. The van der Waals surface area contributed by atoms with E-state index >= 15 is 0 Å². The number of amides is 1. The van der Waals surface area contributed by atoms with E-state index < -0.39 is 0 Å². The fourth-order valence-electron chi connectivity index (χ4n) is 2.27. The van der Waals surface area contributed by atoms with Crippen LogP contribution in [-0.2, 0) is 6.54 Å². The van der Waals surface area contributed by atoms with Gasteiger partial charge in [0.05, 0.1) is 0 Å². The molecule has 1 amide bonds. The van der Waals surface area contributed by atoms with Gasteiger partial charge in [0.25, 0.3) is 5.91 Å². The summed E-state index contributed by atoms with van der Waals surface area (Å²) in [5.41, 5.74) is 3.43. The van der Waals surface area contributed by atoms with E-state index in [9.17, 15) is 4.79 Å². The first-order valence-electron chi connectivity index (χ1n) is 7.70. The Balaban J connectivity index is 1.67. The first kappa shape index (κ1) is 15.7. The zero-order valence-electron chi connectivity index (χ0n) is 13.4. The molecular weight excluding hydrogens is 300 g/mol. The van der Waals surface area contributed by atoms with Crippen LogP contribution in [0.2, 0.25) is 0 Å². The highest BCUT2D eigenvalue weighted by Crippen LogP contribution is 2.12. The molecular formula is C19H18N4O. The Hall–Kier alpha value is -3.21. The Morgan fingerprint density at radius 1 is 1.00 bits per heavy atom. The van der Waals surface area contributed by atoms with Crippen molar-refractivity contribution in [3.63, 3.8) is 0 Å². The number of hydrogen-bond acceptors (Lipinski definition) is 4. The van der Waals surface area contributed by atoms with E-state index in [-0.39, 0.29) is 5.91 Å². The lowest BCUT2D eigenvalue weighted by molar-refractivity contribution is 0.0946. The van der Waals surface area contributed by atoms with E-state index in [1.165, 1.54) is 0 Å². The highest BCUT2D eigenvalue weighted by molar-refractivity contribution is 5.92. The van der Waals surface area contributed by atoms with Gasteiger partial charge in [-0.05, 0) is 36.2 Å². The second-order valence-corrected chi connectivity index (χ2v) is 5.37. The zero-order valence-corrected chi connectivity index (χ0v) is 13.4. The Bertz CT molecular complexity index is 834. The highest BCUT2D eigenvalue weighted by atomic mass is 16.1. The van der Waals surface area contributed by atoms with E-state index in [4.69, 9.17) is 0 Å². The molecule has 0 saturated heterocycles. The largest absolute Gasteiger partial charge is 0.347 e. The van der Waals surface area contributed by atoms with Crippen LogP contribution in [0.3, 0.4) is 0 Å². The second-order valence-electron chi connectivity index (χ2n) is 5.37. The molecule has 0 aliphatic heterocycles. The maximum atomic E-state index is 12.3. The Labute approximate surface area is 140 Å². The van der Waals surface area contributed by atoms with Crippen LogP contribution in [0.25, 0.3) is 0 Å². The maximum absolute atomic E-state index is 12.3. The molecule has 3 aromatic rings. The minimum atomic E-state index is -0.225. The van der Waals surface area contributed by atoms with Crippen molar-refractivity contribution >= 4 is 17.5 Å². The van der Waals surface area contributed by atoms with Gasteiger partial charge in [-0.15, -0.1) is 0 Å². The summed E-state index contributed by atoms with van der Waals surface area (Å²) in [6, 6.07) is 19.1. The lowest BCUT2D eigenvalue weighted by Crippen LogP contribution is -2.24. The van der Waals surface area contributed by atoms with Gasteiger partial charge < -0.3 is 10.6 Å². The topological polar surface area (TPSA) is 66.9 Å². The van der Waals surface area contributed by atoms with Gasteiger partial charge in [0.15, 0.2) is 0 Å². The Morgan fingerprint density at radius 3 is 2.54 bits per heavy atom. The third-order valence-corrected chi connectivity index (χ3v) is 3.62. The number of aryl methyl sites for hydroxylation is 1. The average Bonchev–Trinajstić information content (AvgIpc) is 2.62. The van der Waals surface area contributed by atoms with Crippen molar-refractivity contribution in [1.82, 2.24) is 15.3 Å². The van der Waals surface area contributed by atoms with Crippen molar-refractivity contribution in [2.24, 2.45) is 0 Å². The van der Waals surface area contributed by atoms with Crippen LogP contribution in [0.15, 0.2) is 66.9 Å². The number of carbonyl (C=O) groups is 1. The fraction of sp³-hybridized carbons (Fsp3) is 0.105. The highest BCUT2D eigenvalue weighted by Gasteiger charge is 2.09. The number of para-hydroxylation sites is 1. The lowest BCUT2D eigenvalue weighted by Gasteiger charge is -2.09. The number of nitrogens with zero attached hydrogens (tertiary/aromatic N) is 2. The summed E-state index contributed by atoms with van der Waals surface area (Å²) in [7, 11) is 0. The number of hydrogen-bond donors (Lipinski definition) is 2. The third kappa shape index (κ3) is 3.95. The smallest absolute Gasteiger partial charge is 0.270 e. The van der Waals surface area contributed by atoms with Crippen molar-refractivity contribution in [1.29, 1.82) is 0 Å². The molecule has 0 radical (unpaired) electrons. The summed E-state index contributed by atoms with van der Waals surface area (Å²) in [4.78, 5) is 20.7. The summed E-state index contributed by atoms with van der Waals surface area (Å²) in [6.45, 7) is 2.49. The van der Waals surface area contributed by atoms with Gasteiger partial charge in [0.1, 0.15) is 5.69 Å². The van der Waals surface area contributed by atoms with Gasteiger partial charge >= 0.3 is 0 Å². The summed E-state index contributed by atoms with van der Waals surface area (Å²) in [5, 5.41) is 5.97. The first-order valence-corrected chi connectivity index (χ1v) is 7.70. The summed E-state index contributed by atoms with van der Waals surface area (Å²) < 4.78 is 0. The molecule has 3 rings (SSSR count). The fourth-order valence-corrected chi connectivity index (χ4v) is 2.27. The molecule has 2 N–H and O–H groups in total. The predicted octanol–water partition coefficient (Wildman–Crippen LogP) is 3.46. The number of anilines is 2. The lowest BCUT2D eigenvalue weighted by atomic mass is 10.1. The van der Waals surface area contributed by atoms with Crippen LogP contribution >= 0.6 is 0 Å². The number of rotatable bonds is 5. The van der Waals surface area contributed by atoms with Crippen molar-refractivity contribution in [2.75, 3.05) is 5.32 Å². The minimum absolute atomic E-state index is 0.225. The van der Waals surface area contributed by atoms with Gasteiger partial charge in [0.2, 0.25) is 5.95 Å². The average molecular weight is 318 g/mol. The van der Waals surface area contributed by atoms with Crippen molar-refractivity contribution in [2.45, 2.75) is 13.5 Å². The molecule has 0 spiro atoms. The molecule has 0 unspecified atom stereocenters. The maximum Gasteiger partial charge on any atom is 0.270 e. The van der Waals surface area contributed by atoms with Crippen LogP contribution in [0.4, 0.5) is 11.6 Å². The normalized spacial score (nSPS) is 10.2. The van der Waals surface area contributed by atoms with E-state index in [0.717, 1.165) is 16.8 Å². The van der Waals surface area contributed by atoms with Crippen LogP contribution in [0.1, 0.15) is 21.6 Å². The van der Waals surface area contributed by atoms with Crippen molar-refractivity contribution in [3.05, 3.63) is 83.7 Å². The van der Waals surface area contributed by atoms with E-state index in [1.807, 2.05) is 61.5 Å². The van der Waals surface area contributed by atoms with Gasteiger partial charge in [-0.2, -0.15) is 0 Å². The molecule has 120 valence electrons. The van der Waals surface area contributed by atoms with E-state index in [1.54, 1.807) is 12.3 Å². The molecule has 0 fully saturated rings. The van der Waals surface area contributed by atoms with Crippen LogP contribution < -0.4 is 10.6 Å². The quantitative estimate of drug-likeness (QED) is 0.756. The molecule has 0 bridgehead atoms. The molecule has 5 nitrogen and oxygen atoms in total. The second kappa shape index (κ2) is 7.37. The third-order valence-electron chi connectivity index (χ3n) is 3.62. The van der Waals surface area contributed by atoms with Crippen LogP contribution in [0.5, 0.6) is 0 Å². The first-order chi connectivity index (χ1) is 11.7. The molecule has 0 aliphatic carbocycles. The number of aromatic nitrogens is 2. The van der Waals surface area contributed by atoms with Crippen LogP contribution in [-0.4, -0.2) is 15.9 Å². The van der Waals surface area contributed by atoms with Gasteiger partial charge in [-0.25, -0.2) is 9.97 Å². The van der Waals surface area contributed by atoms with Gasteiger partial charge in [-0.1, -0.05) is 42.5 Å². The van der Waals surface area contributed by atoms with E-state index in [0.29, 0.717) is 18.2 Å². The summed E-state index contributed by atoms with van der Waals surface area (Å²) in [5.74, 6) is 0.168. The molecule has 24 heavy (non-hydrogen) atoms. The molecule has 0 aliphatic rings. The van der Waals surface area contributed by atoms with Gasteiger partial charge in [-0.3, -0.25) is 4.79 Å². The molecule has 0 saturated carbocycles. The molecule has 2 aromatic carbocycles. The zero-order chi connectivity index (χ0) is 16.8. The van der Waals surface area contributed by atoms with Crippen molar-refractivity contribution in [3.8, 4) is 0 Å². The van der Waals surface area contributed by atoms with Crippen LogP contribution in [0, 0.1) is 6.92 Å². The molecule has 5 heteroatoms. The Kier molecular flexibility index (Phi) is 4.81.